The minimum atomic E-state index is -0.435. The van der Waals surface area contributed by atoms with E-state index in [-0.39, 0.29) is 0 Å². The van der Waals surface area contributed by atoms with Gasteiger partial charge in [0.2, 0.25) is 0 Å². The Labute approximate surface area is 94.2 Å². The Bertz CT molecular complexity index is 279. The summed E-state index contributed by atoms with van der Waals surface area (Å²) in [5.74, 6) is 0.754. The molecule has 0 spiro atoms. The Morgan fingerprint density at radius 1 is 1.60 bits per heavy atom. The third-order valence-corrected chi connectivity index (χ3v) is 2.09. The molecule has 0 aliphatic heterocycles. The number of methoxy groups -OCH3 is 1. The molecule has 1 aromatic heterocycles. The molecule has 0 aromatic carbocycles. The van der Waals surface area contributed by atoms with Crippen molar-refractivity contribution in [1.82, 2.24) is 4.98 Å². The molecule has 0 radical (unpaired) electrons. The van der Waals surface area contributed by atoms with Crippen LogP contribution in [0.4, 0.5) is 5.82 Å². The van der Waals surface area contributed by atoms with Gasteiger partial charge in [0.1, 0.15) is 5.82 Å². The van der Waals surface area contributed by atoms with Crippen LogP contribution < -0.4 is 5.32 Å². The number of anilines is 1. The maximum atomic E-state index is 9.36. The quantitative estimate of drug-likeness (QED) is 0.779. The van der Waals surface area contributed by atoms with Gasteiger partial charge in [-0.3, -0.25) is 0 Å². The number of aromatic nitrogens is 1. The summed E-state index contributed by atoms with van der Waals surface area (Å²) in [7, 11) is 1.57. The van der Waals surface area contributed by atoms with Crippen molar-refractivity contribution < 1.29 is 9.84 Å². The first-order valence-corrected chi connectivity index (χ1v) is 5.12. The number of nitrogens with zero attached hydrogens (tertiary/aromatic N) is 1. The van der Waals surface area contributed by atoms with E-state index in [0.29, 0.717) is 24.6 Å². The first kappa shape index (κ1) is 12.2. The van der Waals surface area contributed by atoms with Gasteiger partial charge in [-0.25, -0.2) is 4.98 Å². The van der Waals surface area contributed by atoms with Crippen LogP contribution in [0.5, 0.6) is 0 Å². The van der Waals surface area contributed by atoms with Crippen molar-refractivity contribution in [1.29, 1.82) is 0 Å². The molecule has 0 fully saturated rings. The zero-order chi connectivity index (χ0) is 11.1. The number of ether oxygens (including phenoxy) is 1. The van der Waals surface area contributed by atoms with Crippen molar-refractivity contribution >= 4 is 17.4 Å². The Hall–Kier alpha value is -0.840. The number of halogens is 1. The molecule has 0 amide bonds. The van der Waals surface area contributed by atoms with Gasteiger partial charge in [-0.05, 0) is 18.6 Å². The van der Waals surface area contributed by atoms with Crippen LogP contribution in [0.3, 0.4) is 0 Å². The van der Waals surface area contributed by atoms with E-state index >= 15 is 0 Å². The average Bonchev–Trinajstić information content (AvgIpc) is 2.21. The maximum Gasteiger partial charge on any atom is 0.125 e. The van der Waals surface area contributed by atoms with Crippen molar-refractivity contribution in [2.75, 3.05) is 25.6 Å². The lowest BCUT2D eigenvalue weighted by Gasteiger charge is -2.10. The molecular weight excluding hydrogens is 216 g/mol. The van der Waals surface area contributed by atoms with Crippen molar-refractivity contribution in [3.63, 3.8) is 0 Å². The molecule has 15 heavy (non-hydrogen) atoms. The maximum absolute atomic E-state index is 9.36. The van der Waals surface area contributed by atoms with Crippen molar-refractivity contribution in [2.45, 2.75) is 12.5 Å². The van der Waals surface area contributed by atoms with Gasteiger partial charge in [-0.1, -0.05) is 11.6 Å². The van der Waals surface area contributed by atoms with Crippen LogP contribution in [-0.4, -0.2) is 36.5 Å². The van der Waals surface area contributed by atoms with E-state index in [4.69, 9.17) is 16.3 Å². The zero-order valence-corrected chi connectivity index (χ0v) is 9.37. The van der Waals surface area contributed by atoms with E-state index in [1.54, 1.807) is 25.4 Å². The molecule has 0 saturated heterocycles. The van der Waals surface area contributed by atoms with Gasteiger partial charge >= 0.3 is 0 Å². The molecule has 1 rings (SSSR count). The molecule has 5 heteroatoms. The van der Waals surface area contributed by atoms with Gasteiger partial charge < -0.3 is 15.2 Å². The fraction of sp³-hybridized carbons (Fsp3) is 0.500. The molecular formula is C10H15ClN2O2. The highest BCUT2D eigenvalue weighted by Crippen LogP contribution is 2.09. The van der Waals surface area contributed by atoms with Gasteiger partial charge in [-0.2, -0.15) is 0 Å². The van der Waals surface area contributed by atoms with Gasteiger partial charge in [0.25, 0.3) is 0 Å². The predicted octanol–water partition coefficient (Wildman–Crippen LogP) is 1.54. The number of rotatable bonds is 6. The SMILES string of the molecule is COCC(O)CCNc1ccc(Cl)cn1. The predicted molar refractivity (Wildman–Crippen MR) is 60.2 cm³/mol. The number of aliphatic hydroxyl groups is 1. The van der Waals surface area contributed by atoms with Gasteiger partial charge in [0.05, 0.1) is 17.7 Å². The largest absolute Gasteiger partial charge is 0.391 e. The minimum absolute atomic E-state index is 0.357. The smallest absolute Gasteiger partial charge is 0.125 e. The lowest BCUT2D eigenvalue weighted by atomic mass is 10.2. The van der Waals surface area contributed by atoms with Crippen LogP contribution in [-0.2, 0) is 4.74 Å². The second-order valence-electron chi connectivity index (χ2n) is 3.19. The zero-order valence-electron chi connectivity index (χ0n) is 8.61. The molecule has 0 aliphatic carbocycles. The summed E-state index contributed by atoms with van der Waals surface area (Å²) in [5, 5.41) is 13.1. The van der Waals surface area contributed by atoms with E-state index in [9.17, 15) is 5.11 Å². The number of nitrogens with one attached hydrogen (secondary N) is 1. The highest BCUT2D eigenvalue weighted by Gasteiger charge is 2.02. The average molecular weight is 231 g/mol. The Morgan fingerprint density at radius 3 is 3.00 bits per heavy atom. The molecule has 84 valence electrons. The monoisotopic (exact) mass is 230 g/mol. The van der Waals surface area contributed by atoms with Gasteiger partial charge in [-0.15, -0.1) is 0 Å². The van der Waals surface area contributed by atoms with Crippen LogP contribution in [0.25, 0.3) is 0 Å². The van der Waals surface area contributed by atoms with Gasteiger partial charge in [0.15, 0.2) is 0 Å². The first-order valence-electron chi connectivity index (χ1n) is 4.75. The molecule has 0 saturated carbocycles. The van der Waals surface area contributed by atoms with Crippen molar-refractivity contribution in [2.24, 2.45) is 0 Å². The van der Waals surface area contributed by atoms with E-state index in [1.165, 1.54) is 0 Å². The first-order chi connectivity index (χ1) is 7.22. The van der Waals surface area contributed by atoms with Crippen LogP contribution in [0, 0.1) is 0 Å². The molecule has 0 bridgehead atoms. The number of aliphatic hydroxyl groups excluding tert-OH is 1. The van der Waals surface area contributed by atoms with Crippen LogP contribution in [0.1, 0.15) is 6.42 Å². The number of pyridine rings is 1. The number of hydrogen-bond donors (Lipinski definition) is 2. The lowest BCUT2D eigenvalue weighted by molar-refractivity contribution is 0.0615. The highest BCUT2D eigenvalue weighted by molar-refractivity contribution is 6.30. The third-order valence-electron chi connectivity index (χ3n) is 1.87. The molecule has 1 aromatic rings. The normalized spacial score (nSPS) is 12.5. The van der Waals surface area contributed by atoms with Crippen LogP contribution >= 0.6 is 11.6 Å². The molecule has 1 unspecified atom stereocenters. The molecule has 1 heterocycles. The van der Waals surface area contributed by atoms with Crippen LogP contribution in [0.2, 0.25) is 5.02 Å². The third kappa shape index (κ3) is 4.97. The summed E-state index contributed by atoms with van der Waals surface area (Å²) in [5.41, 5.74) is 0. The Morgan fingerprint density at radius 2 is 2.40 bits per heavy atom. The summed E-state index contributed by atoms with van der Waals surface area (Å²) in [6, 6.07) is 3.56. The molecule has 0 aliphatic rings. The summed E-state index contributed by atoms with van der Waals surface area (Å²) >= 11 is 5.69. The van der Waals surface area contributed by atoms with Crippen molar-refractivity contribution in [3.05, 3.63) is 23.4 Å². The highest BCUT2D eigenvalue weighted by atomic mass is 35.5. The van der Waals surface area contributed by atoms with E-state index in [2.05, 4.69) is 10.3 Å². The molecule has 1 atom stereocenters. The summed E-state index contributed by atoms with van der Waals surface area (Å²) in [6.45, 7) is 1.01. The Balaban J connectivity index is 2.22. The molecule has 4 nitrogen and oxygen atoms in total. The second kappa shape index (κ2) is 6.61. The minimum Gasteiger partial charge on any atom is -0.391 e. The fourth-order valence-corrected chi connectivity index (χ4v) is 1.23. The Kier molecular flexibility index (Phi) is 5.39. The van der Waals surface area contributed by atoms with E-state index in [1.807, 2.05) is 0 Å². The summed E-state index contributed by atoms with van der Waals surface area (Å²) in [4.78, 5) is 4.07. The second-order valence-corrected chi connectivity index (χ2v) is 3.62. The fourth-order valence-electron chi connectivity index (χ4n) is 1.12. The summed E-state index contributed by atoms with van der Waals surface area (Å²) in [6.07, 6.45) is 1.77. The lowest BCUT2D eigenvalue weighted by Crippen LogP contribution is -2.18. The topological polar surface area (TPSA) is 54.4 Å². The van der Waals surface area contributed by atoms with E-state index in [0.717, 1.165) is 5.82 Å². The van der Waals surface area contributed by atoms with Gasteiger partial charge in [0, 0.05) is 19.9 Å². The van der Waals surface area contributed by atoms with Crippen molar-refractivity contribution in [3.8, 4) is 0 Å². The summed E-state index contributed by atoms with van der Waals surface area (Å²) < 4.78 is 4.81. The standard InChI is InChI=1S/C10H15ClN2O2/c1-15-7-9(14)4-5-12-10-3-2-8(11)6-13-10/h2-3,6,9,14H,4-5,7H2,1H3,(H,12,13). The van der Waals surface area contributed by atoms with Crippen LogP contribution in [0.15, 0.2) is 18.3 Å². The molecule has 2 N–H and O–H groups in total. The number of hydrogen-bond acceptors (Lipinski definition) is 4. The van der Waals surface area contributed by atoms with E-state index < -0.39 is 6.10 Å².